The van der Waals surface area contributed by atoms with E-state index in [1.807, 2.05) is 30.2 Å². The maximum absolute atomic E-state index is 4.38. The summed E-state index contributed by atoms with van der Waals surface area (Å²) in [7, 11) is 4.04. The second-order valence-electron chi connectivity index (χ2n) is 7.05. The zero-order valence-electron chi connectivity index (χ0n) is 15.9. The quantitative estimate of drug-likeness (QED) is 0.615. The number of nitrogens with one attached hydrogen (secondary N) is 2. The normalized spacial score (nSPS) is 18.7. The van der Waals surface area contributed by atoms with Crippen LogP contribution < -0.4 is 10.6 Å². The van der Waals surface area contributed by atoms with Gasteiger partial charge in [0.25, 0.3) is 0 Å². The largest absolute Gasteiger partial charge is 0.356 e. The molecule has 0 aliphatic carbocycles. The van der Waals surface area contributed by atoms with E-state index in [2.05, 4.69) is 56.9 Å². The minimum Gasteiger partial charge on any atom is -0.356 e. The SMILES string of the molecule is CN=C(NCc1ccccc1Cn1cccn1)NCC1CCCN(C)C1. The Morgan fingerprint density at radius 2 is 2.08 bits per heavy atom. The molecule has 140 valence electrons. The molecule has 0 spiro atoms. The van der Waals surface area contributed by atoms with E-state index in [9.17, 15) is 0 Å². The molecule has 1 aromatic carbocycles. The molecule has 1 aliphatic rings. The summed E-state index contributed by atoms with van der Waals surface area (Å²) >= 11 is 0. The fourth-order valence-electron chi connectivity index (χ4n) is 3.53. The van der Waals surface area contributed by atoms with Crippen molar-refractivity contribution < 1.29 is 0 Å². The third kappa shape index (κ3) is 5.33. The smallest absolute Gasteiger partial charge is 0.191 e. The van der Waals surface area contributed by atoms with Gasteiger partial charge in [-0.1, -0.05) is 24.3 Å². The van der Waals surface area contributed by atoms with Crippen LogP contribution >= 0.6 is 0 Å². The van der Waals surface area contributed by atoms with Crippen LogP contribution in [-0.4, -0.2) is 54.4 Å². The molecule has 6 heteroatoms. The van der Waals surface area contributed by atoms with Crippen molar-refractivity contribution in [1.82, 2.24) is 25.3 Å². The van der Waals surface area contributed by atoms with Crippen molar-refractivity contribution in [2.75, 3.05) is 33.7 Å². The highest BCUT2D eigenvalue weighted by Crippen LogP contribution is 2.14. The Hall–Kier alpha value is -2.34. The molecule has 0 radical (unpaired) electrons. The lowest BCUT2D eigenvalue weighted by Crippen LogP contribution is -2.43. The van der Waals surface area contributed by atoms with Crippen LogP contribution in [0.25, 0.3) is 0 Å². The molecule has 1 saturated heterocycles. The van der Waals surface area contributed by atoms with Crippen LogP contribution in [0, 0.1) is 5.92 Å². The lowest BCUT2D eigenvalue weighted by Gasteiger charge is -2.30. The molecule has 0 bridgehead atoms. The van der Waals surface area contributed by atoms with Crippen LogP contribution in [0.3, 0.4) is 0 Å². The van der Waals surface area contributed by atoms with Gasteiger partial charge in [-0.2, -0.15) is 5.10 Å². The van der Waals surface area contributed by atoms with Crippen molar-refractivity contribution >= 4 is 5.96 Å². The number of benzene rings is 1. The summed E-state index contributed by atoms with van der Waals surface area (Å²) in [5, 5.41) is 11.2. The minimum absolute atomic E-state index is 0.694. The van der Waals surface area contributed by atoms with E-state index in [-0.39, 0.29) is 0 Å². The third-order valence-corrected chi connectivity index (χ3v) is 4.96. The van der Waals surface area contributed by atoms with Crippen LogP contribution in [0.15, 0.2) is 47.7 Å². The van der Waals surface area contributed by atoms with Gasteiger partial charge in [-0.05, 0) is 49.5 Å². The van der Waals surface area contributed by atoms with Gasteiger partial charge in [-0.15, -0.1) is 0 Å². The van der Waals surface area contributed by atoms with Crippen molar-refractivity contribution in [3.8, 4) is 0 Å². The van der Waals surface area contributed by atoms with E-state index in [1.54, 1.807) is 0 Å². The van der Waals surface area contributed by atoms with Gasteiger partial charge in [0.1, 0.15) is 0 Å². The molecular formula is C20H30N6. The summed E-state index contributed by atoms with van der Waals surface area (Å²) in [6.45, 7) is 4.89. The number of aliphatic imine (C=N–C) groups is 1. The molecule has 2 aromatic rings. The second-order valence-corrected chi connectivity index (χ2v) is 7.05. The number of hydrogen-bond donors (Lipinski definition) is 2. The van der Waals surface area contributed by atoms with Crippen LogP contribution in [0.4, 0.5) is 0 Å². The summed E-state index contributed by atoms with van der Waals surface area (Å²) in [4.78, 5) is 6.79. The Kier molecular flexibility index (Phi) is 6.66. The molecule has 1 atom stereocenters. The predicted octanol–water partition coefficient (Wildman–Crippen LogP) is 1.94. The van der Waals surface area contributed by atoms with E-state index in [4.69, 9.17) is 0 Å². The molecule has 1 aliphatic heterocycles. The molecule has 26 heavy (non-hydrogen) atoms. The molecule has 1 unspecified atom stereocenters. The van der Waals surface area contributed by atoms with Gasteiger partial charge in [0.15, 0.2) is 5.96 Å². The summed E-state index contributed by atoms with van der Waals surface area (Å²) in [6.07, 6.45) is 6.39. The lowest BCUT2D eigenvalue weighted by molar-refractivity contribution is 0.210. The fraction of sp³-hybridized carbons (Fsp3) is 0.500. The second kappa shape index (κ2) is 9.38. The molecule has 3 rings (SSSR count). The topological polar surface area (TPSA) is 57.5 Å². The van der Waals surface area contributed by atoms with E-state index in [0.717, 1.165) is 32.1 Å². The first-order chi connectivity index (χ1) is 12.7. The molecule has 2 heterocycles. The minimum atomic E-state index is 0.694. The van der Waals surface area contributed by atoms with Gasteiger partial charge in [-0.25, -0.2) is 0 Å². The first-order valence-electron chi connectivity index (χ1n) is 9.42. The van der Waals surface area contributed by atoms with E-state index < -0.39 is 0 Å². The van der Waals surface area contributed by atoms with Gasteiger partial charge >= 0.3 is 0 Å². The number of aromatic nitrogens is 2. The number of nitrogens with zero attached hydrogens (tertiary/aromatic N) is 4. The van der Waals surface area contributed by atoms with Crippen molar-refractivity contribution in [3.05, 3.63) is 53.9 Å². The van der Waals surface area contributed by atoms with Crippen LogP contribution in [0.5, 0.6) is 0 Å². The number of hydrogen-bond acceptors (Lipinski definition) is 3. The van der Waals surface area contributed by atoms with Crippen LogP contribution in [-0.2, 0) is 13.1 Å². The monoisotopic (exact) mass is 354 g/mol. The molecule has 2 N–H and O–H groups in total. The van der Waals surface area contributed by atoms with E-state index >= 15 is 0 Å². The molecule has 6 nitrogen and oxygen atoms in total. The van der Waals surface area contributed by atoms with Gasteiger partial charge in [0.05, 0.1) is 6.54 Å². The van der Waals surface area contributed by atoms with Crippen molar-refractivity contribution in [3.63, 3.8) is 0 Å². The highest BCUT2D eigenvalue weighted by atomic mass is 15.3. The van der Waals surface area contributed by atoms with Crippen molar-refractivity contribution in [2.24, 2.45) is 10.9 Å². The van der Waals surface area contributed by atoms with Gasteiger partial charge in [-0.3, -0.25) is 9.67 Å². The average Bonchev–Trinajstić information content (AvgIpc) is 3.16. The highest BCUT2D eigenvalue weighted by molar-refractivity contribution is 5.79. The molecule has 1 aromatic heterocycles. The summed E-state index contributed by atoms with van der Waals surface area (Å²) in [5.41, 5.74) is 2.54. The number of rotatable bonds is 6. The Morgan fingerprint density at radius 1 is 1.23 bits per heavy atom. The maximum atomic E-state index is 4.38. The summed E-state index contributed by atoms with van der Waals surface area (Å²) in [5.74, 6) is 1.56. The standard InChI is InChI=1S/C20H30N6/c1-21-20(22-13-17-7-5-11-25(2)15-17)23-14-18-8-3-4-9-19(18)16-26-12-6-10-24-26/h3-4,6,8-10,12,17H,5,7,11,13-16H2,1-2H3,(H2,21,22,23). The van der Waals surface area contributed by atoms with Crippen LogP contribution in [0.1, 0.15) is 24.0 Å². The fourth-order valence-corrected chi connectivity index (χ4v) is 3.53. The highest BCUT2D eigenvalue weighted by Gasteiger charge is 2.17. The first kappa shape index (κ1) is 18.5. The molecular weight excluding hydrogens is 324 g/mol. The first-order valence-corrected chi connectivity index (χ1v) is 9.42. The van der Waals surface area contributed by atoms with Gasteiger partial charge in [0, 0.05) is 39.1 Å². The van der Waals surface area contributed by atoms with Crippen LogP contribution in [0.2, 0.25) is 0 Å². The van der Waals surface area contributed by atoms with Gasteiger partial charge < -0.3 is 15.5 Å². The average molecular weight is 355 g/mol. The Balaban J connectivity index is 1.52. The predicted molar refractivity (Wildman–Crippen MR) is 106 cm³/mol. The number of likely N-dealkylation sites (tertiary alicyclic amines) is 1. The Labute approximate surface area is 156 Å². The zero-order chi connectivity index (χ0) is 18.2. The summed E-state index contributed by atoms with van der Waals surface area (Å²) in [6, 6.07) is 10.4. The number of piperidine rings is 1. The summed E-state index contributed by atoms with van der Waals surface area (Å²) < 4.78 is 1.95. The number of guanidine groups is 1. The third-order valence-electron chi connectivity index (χ3n) is 4.96. The Bertz CT molecular complexity index is 694. The molecule has 0 saturated carbocycles. The maximum Gasteiger partial charge on any atom is 0.191 e. The lowest BCUT2D eigenvalue weighted by atomic mass is 9.99. The van der Waals surface area contributed by atoms with Crippen molar-refractivity contribution in [2.45, 2.75) is 25.9 Å². The van der Waals surface area contributed by atoms with E-state index in [1.165, 1.54) is 30.5 Å². The Morgan fingerprint density at radius 3 is 2.81 bits per heavy atom. The van der Waals surface area contributed by atoms with Crippen molar-refractivity contribution in [1.29, 1.82) is 0 Å². The molecule has 1 fully saturated rings. The van der Waals surface area contributed by atoms with Gasteiger partial charge in [0.2, 0.25) is 0 Å². The zero-order valence-corrected chi connectivity index (χ0v) is 15.9. The van der Waals surface area contributed by atoms with E-state index in [0.29, 0.717) is 5.92 Å². The molecule has 0 amide bonds.